The number of amides is 1. The van der Waals surface area contributed by atoms with Gasteiger partial charge in [0, 0.05) is 12.0 Å². The van der Waals surface area contributed by atoms with Crippen molar-refractivity contribution in [2.24, 2.45) is 11.7 Å². The van der Waals surface area contributed by atoms with Crippen molar-refractivity contribution < 1.29 is 9.32 Å². The molecule has 0 saturated carbocycles. The van der Waals surface area contributed by atoms with E-state index in [0.29, 0.717) is 13.1 Å². The Morgan fingerprint density at radius 3 is 3.13 bits per heavy atom. The topological polar surface area (TPSA) is 81.2 Å². The third-order valence-corrected chi connectivity index (χ3v) is 2.22. The van der Waals surface area contributed by atoms with Gasteiger partial charge in [-0.1, -0.05) is 12.1 Å². The van der Waals surface area contributed by atoms with Crippen LogP contribution >= 0.6 is 0 Å². The predicted molar refractivity (Wildman–Crippen MR) is 55.8 cm³/mol. The fraction of sp³-hybridized carbons (Fsp3) is 0.600. The third-order valence-electron chi connectivity index (χ3n) is 2.22. The van der Waals surface area contributed by atoms with Crippen LogP contribution in [-0.2, 0) is 11.3 Å². The lowest BCUT2D eigenvalue weighted by molar-refractivity contribution is -0.124. The van der Waals surface area contributed by atoms with Gasteiger partial charge in [0.05, 0.1) is 6.54 Å². The van der Waals surface area contributed by atoms with Gasteiger partial charge in [-0.25, -0.2) is 0 Å². The summed E-state index contributed by atoms with van der Waals surface area (Å²) in [6, 6.07) is 1.73. The first-order chi connectivity index (χ1) is 7.24. The minimum atomic E-state index is 0.000418. The van der Waals surface area contributed by atoms with E-state index in [1.807, 2.05) is 6.92 Å². The quantitative estimate of drug-likeness (QED) is 0.724. The largest absolute Gasteiger partial charge is 0.364 e. The molecule has 5 nitrogen and oxygen atoms in total. The number of nitrogens with zero attached hydrogens (tertiary/aromatic N) is 1. The average Bonchev–Trinajstić information content (AvgIpc) is 2.75. The summed E-state index contributed by atoms with van der Waals surface area (Å²) >= 11 is 0. The molecule has 1 aromatic heterocycles. The van der Waals surface area contributed by atoms with Crippen LogP contribution in [0.5, 0.6) is 0 Å². The molecule has 1 atom stereocenters. The van der Waals surface area contributed by atoms with Gasteiger partial charge in [-0.2, -0.15) is 0 Å². The minimum Gasteiger partial charge on any atom is -0.364 e. The van der Waals surface area contributed by atoms with Gasteiger partial charge in [0.25, 0.3) is 0 Å². The number of nitrogens with two attached hydrogens (primary N) is 1. The molecule has 0 radical (unpaired) electrons. The second-order valence-corrected chi connectivity index (χ2v) is 3.54. The van der Waals surface area contributed by atoms with E-state index < -0.39 is 0 Å². The second-order valence-electron chi connectivity index (χ2n) is 3.54. The second kappa shape index (κ2) is 6.19. The van der Waals surface area contributed by atoms with Crippen molar-refractivity contribution >= 4 is 5.91 Å². The van der Waals surface area contributed by atoms with Crippen LogP contribution in [0, 0.1) is 5.92 Å². The van der Waals surface area contributed by atoms with Crippen molar-refractivity contribution in [3.05, 3.63) is 18.0 Å². The molecule has 0 aliphatic rings. The maximum Gasteiger partial charge on any atom is 0.223 e. The number of carbonyl (C=O) groups is 1. The van der Waals surface area contributed by atoms with Gasteiger partial charge in [0.1, 0.15) is 12.0 Å². The molecule has 1 aromatic rings. The van der Waals surface area contributed by atoms with Gasteiger partial charge in [-0.15, -0.1) is 0 Å². The zero-order chi connectivity index (χ0) is 11.1. The number of aromatic nitrogens is 1. The van der Waals surface area contributed by atoms with E-state index in [9.17, 15) is 4.79 Å². The van der Waals surface area contributed by atoms with E-state index >= 15 is 0 Å². The highest BCUT2D eigenvalue weighted by atomic mass is 16.5. The van der Waals surface area contributed by atoms with Crippen LogP contribution in [0.15, 0.2) is 16.9 Å². The SMILES string of the molecule is CC(CCCN)C(=O)NCc1ccon1. The van der Waals surface area contributed by atoms with Gasteiger partial charge in [0.15, 0.2) is 0 Å². The van der Waals surface area contributed by atoms with E-state index in [-0.39, 0.29) is 11.8 Å². The lowest BCUT2D eigenvalue weighted by Gasteiger charge is -2.10. The summed E-state index contributed by atoms with van der Waals surface area (Å²) in [5.41, 5.74) is 6.10. The fourth-order valence-corrected chi connectivity index (χ4v) is 1.24. The summed E-state index contributed by atoms with van der Waals surface area (Å²) in [4.78, 5) is 11.5. The van der Waals surface area contributed by atoms with Crippen molar-refractivity contribution in [1.82, 2.24) is 10.5 Å². The maximum absolute atomic E-state index is 11.5. The van der Waals surface area contributed by atoms with Crippen molar-refractivity contribution in [2.75, 3.05) is 6.54 Å². The Morgan fingerprint density at radius 2 is 2.53 bits per heavy atom. The lowest BCUT2D eigenvalue weighted by atomic mass is 10.1. The molecule has 84 valence electrons. The van der Waals surface area contributed by atoms with Crippen molar-refractivity contribution in [2.45, 2.75) is 26.3 Å². The van der Waals surface area contributed by atoms with E-state index in [1.54, 1.807) is 6.07 Å². The molecule has 0 aliphatic heterocycles. The number of hydrogen-bond acceptors (Lipinski definition) is 4. The minimum absolute atomic E-state index is 0.000418. The average molecular weight is 211 g/mol. The zero-order valence-electron chi connectivity index (χ0n) is 8.90. The van der Waals surface area contributed by atoms with Crippen molar-refractivity contribution in [3.63, 3.8) is 0 Å². The number of hydrogen-bond donors (Lipinski definition) is 2. The molecule has 0 fully saturated rings. The van der Waals surface area contributed by atoms with Crippen molar-refractivity contribution in [1.29, 1.82) is 0 Å². The Morgan fingerprint density at radius 1 is 1.73 bits per heavy atom. The first kappa shape index (κ1) is 11.7. The Labute approximate surface area is 89.0 Å². The van der Waals surface area contributed by atoms with Crippen LogP contribution in [-0.4, -0.2) is 17.6 Å². The molecule has 0 aromatic carbocycles. The summed E-state index contributed by atoms with van der Waals surface area (Å²) in [5, 5.41) is 6.49. The molecule has 1 heterocycles. The monoisotopic (exact) mass is 211 g/mol. The summed E-state index contributed by atoms with van der Waals surface area (Å²) in [7, 11) is 0. The highest BCUT2D eigenvalue weighted by molar-refractivity contribution is 5.78. The molecule has 3 N–H and O–H groups in total. The van der Waals surface area contributed by atoms with E-state index in [1.165, 1.54) is 6.26 Å². The molecule has 1 amide bonds. The van der Waals surface area contributed by atoms with Gasteiger partial charge < -0.3 is 15.6 Å². The van der Waals surface area contributed by atoms with Gasteiger partial charge in [-0.05, 0) is 19.4 Å². The van der Waals surface area contributed by atoms with Crippen LogP contribution in [0.25, 0.3) is 0 Å². The van der Waals surface area contributed by atoms with Crippen LogP contribution in [0.1, 0.15) is 25.5 Å². The third kappa shape index (κ3) is 4.12. The van der Waals surface area contributed by atoms with Crippen LogP contribution in [0.4, 0.5) is 0 Å². The Hall–Kier alpha value is -1.36. The maximum atomic E-state index is 11.5. The lowest BCUT2D eigenvalue weighted by Crippen LogP contribution is -2.29. The van der Waals surface area contributed by atoms with E-state index in [0.717, 1.165) is 18.5 Å². The van der Waals surface area contributed by atoms with Gasteiger partial charge in [0.2, 0.25) is 5.91 Å². The first-order valence-electron chi connectivity index (χ1n) is 5.11. The molecule has 15 heavy (non-hydrogen) atoms. The summed E-state index contributed by atoms with van der Waals surface area (Å²) in [6.45, 7) is 2.94. The Kier molecular flexibility index (Phi) is 4.83. The van der Waals surface area contributed by atoms with E-state index in [4.69, 9.17) is 5.73 Å². The smallest absolute Gasteiger partial charge is 0.223 e. The normalized spacial score (nSPS) is 12.4. The molecular weight excluding hydrogens is 194 g/mol. The molecular formula is C10H17N3O2. The fourth-order valence-electron chi connectivity index (χ4n) is 1.24. The number of rotatable bonds is 6. The van der Waals surface area contributed by atoms with Crippen LogP contribution in [0.2, 0.25) is 0 Å². The van der Waals surface area contributed by atoms with Crippen molar-refractivity contribution in [3.8, 4) is 0 Å². The standard InChI is InChI=1S/C10H17N3O2/c1-8(3-2-5-11)10(14)12-7-9-4-6-15-13-9/h4,6,8H,2-3,5,7,11H2,1H3,(H,12,14). The van der Waals surface area contributed by atoms with Crippen LogP contribution < -0.4 is 11.1 Å². The molecule has 1 rings (SSSR count). The Bertz CT molecular complexity index is 285. The molecule has 0 spiro atoms. The summed E-state index contributed by atoms with van der Waals surface area (Å²) < 4.78 is 4.65. The first-order valence-corrected chi connectivity index (χ1v) is 5.11. The Balaban J connectivity index is 2.23. The van der Waals surface area contributed by atoms with E-state index in [2.05, 4.69) is 15.0 Å². The molecule has 0 aliphatic carbocycles. The number of carbonyl (C=O) groups excluding carboxylic acids is 1. The molecule has 1 unspecified atom stereocenters. The predicted octanol–water partition coefficient (Wildman–Crippen LogP) is 0.666. The van der Waals surface area contributed by atoms with Gasteiger partial charge >= 0.3 is 0 Å². The highest BCUT2D eigenvalue weighted by Crippen LogP contribution is 2.04. The summed E-state index contributed by atoms with van der Waals surface area (Å²) in [6.07, 6.45) is 3.18. The molecule has 5 heteroatoms. The zero-order valence-corrected chi connectivity index (χ0v) is 8.90. The van der Waals surface area contributed by atoms with Crippen LogP contribution in [0.3, 0.4) is 0 Å². The molecule has 0 bridgehead atoms. The van der Waals surface area contributed by atoms with Gasteiger partial charge in [-0.3, -0.25) is 4.79 Å². The number of nitrogens with one attached hydrogen (secondary N) is 1. The molecule has 0 saturated heterocycles. The highest BCUT2D eigenvalue weighted by Gasteiger charge is 2.11. The summed E-state index contributed by atoms with van der Waals surface area (Å²) in [5.74, 6) is 0.0342.